The van der Waals surface area contributed by atoms with Gasteiger partial charge in [-0.25, -0.2) is 0 Å². The smallest absolute Gasteiger partial charge is 0.384 e. The number of rotatable bonds is 4. The van der Waals surface area contributed by atoms with E-state index in [2.05, 4.69) is 4.98 Å². The molecule has 0 spiro atoms. The van der Waals surface area contributed by atoms with E-state index < -0.39 is 10.9 Å². The van der Waals surface area contributed by atoms with Crippen LogP contribution < -0.4 is 0 Å². The van der Waals surface area contributed by atoms with Gasteiger partial charge in [0.15, 0.2) is 0 Å². The number of carbonyl (C=O) groups is 1. The fourth-order valence-electron chi connectivity index (χ4n) is 2.22. The Morgan fingerprint density at radius 2 is 2.47 bits per heavy atom. The van der Waals surface area contributed by atoms with Gasteiger partial charge >= 0.3 is 11.8 Å². The van der Waals surface area contributed by atoms with Crippen molar-refractivity contribution >= 4 is 11.8 Å². The van der Waals surface area contributed by atoms with Gasteiger partial charge in [-0.1, -0.05) is 0 Å². The average molecular weight is 239 g/mol. The first-order chi connectivity index (χ1) is 8.08. The molecule has 7 heteroatoms. The van der Waals surface area contributed by atoms with Crippen LogP contribution in [0.1, 0.15) is 25.0 Å². The van der Waals surface area contributed by atoms with Gasteiger partial charge < -0.3 is 19.8 Å². The van der Waals surface area contributed by atoms with E-state index in [-0.39, 0.29) is 18.2 Å². The summed E-state index contributed by atoms with van der Waals surface area (Å²) in [5.41, 5.74) is 0.622. The van der Waals surface area contributed by atoms with Gasteiger partial charge in [-0.2, -0.15) is 0 Å². The van der Waals surface area contributed by atoms with E-state index in [1.54, 1.807) is 4.57 Å². The maximum absolute atomic E-state index is 10.7. The fourth-order valence-corrected chi connectivity index (χ4v) is 2.22. The lowest BCUT2D eigenvalue weighted by atomic mass is 9.91. The topological polar surface area (TPSA) is 98.3 Å². The molecule has 0 aliphatic carbocycles. The normalized spacial score (nSPS) is 18.7. The highest BCUT2D eigenvalue weighted by atomic mass is 16.6. The quantitative estimate of drug-likeness (QED) is 0.629. The molecule has 0 radical (unpaired) electrons. The van der Waals surface area contributed by atoms with Crippen LogP contribution in [-0.2, 0) is 17.8 Å². The molecule has 0 saturated carbocycles. The number of nitrogens with zero attached hydrogens (tertiary/aromatic N) is 3. The number of hydrogen-bond donors (Lipinski definition) is 1. The lowest BCUT2D eigenvalue weighted by molar-refractivity contribution is -0.390. The minimum atomic E-state index is -0.821. The molecule has 1 aromatic heterocycles. The summed E-state index contributed by atoms with van der Waals surface area (Å²) in [5, 5.41) is 19.4. The molecular formula is C10H13N3O4. The molecule has 0 aromatic carbocycles. The molecule has 1 aromatic rings. The number of nitro groups is 1. The second-order valence-electron chi connectivity index (χ2n) is 4.26. The molecule has 2 heterocycles. The van der Waals surface area contributed by atoms with Crippen LogP contribution in [0.15, 0.2) is 6.33 Å². The van der Waals surface area contributed by atoms with Crippen molar-refractivity contribution in [1.29, 1.82) is 0 Å². The van der Waals surface area contributed by atoms with Crippen LogP contribution in [-0.4, -0.2) is 25.6 Å². The van der Waals surface area contributed by atoms with Crippen LogP contribution in [0.3, 0.4) is 0 Å². The van der Waals surface area contributed by atoms with Crippen LogP contribution in [0, 0.1) is 16.0 Å². The summed E-state index contributed by atoms with van der Waals surface area (Å²) in [6.07, 6.45) is 3.57. The number of hydrogen-bond acceptors (Lipinski definition) is 4. The summed E-state index contributed by atoms with van der Waals surface area (Å²) >= 11 is 0. The molecule has 0 amide bonds. The van der Waals surface area contributed by atoms with Crippen LogP contribution in [0.4, 0.5) is 5.82 Å². The number of carboxylic acids is 1. The summed E-state index contributed by atoms with van der Waals surface area (Å²) in [6, 6.07) is 0. The number of fused-ring (bicyclic) bond motifs is 1. The Morgan fingerprint density at radius 1 is 1.71 bits per heavy atom. The number of imidazole rings is 1. The van der Waals surface area contributed by atoms with Gasteiger partial charge in [-0.3, -0.25) is 4.79 Å². The number of aliphatic carboxylic acids is 1. The third-order valence-electron chi connectivity index (χ3n) is 3.12. The predicted molar refractivity (Wildman–Crippen MR) is 57.6 cm³/mol. The molecular weight excluding hydrogens is 226 g/mol. The first-order valence-corrected chi connectivity index (χ1v) is 5.48. The SMILES string of the molecule is O=C(O)CCC1CCn2cnc([N+](=O)[O-])c2C1. The fraction of sp³-hybridized carbons (Fsp3) is 0.600. The van der Waals surface area contributed by atoms with Crippen molar-refractivity contribution < 1.29 is 14.8 Å². The number of carboxylic acid groups (broad SMARTS) is 1. The van der Waals surface area contributed by atoms with Gasteiger partial charge in [0.2, 0.25) is 6.33 Å². The number of aromatic nitrogens is 2. The van der Waals surface area contributed by atoms with Gasteiger partial charge in [-0.15, -0.1) is 0 Å². The second-order valence-corrected chi connectivity index (χ2v) is 4.26. The highest BCUT2D eigenvalue weighted by Gasteiger charge is 2.28. The first kappa shape index (κ1) is 11.6. The Bertz CT molecular complexity index is 454. The van der Waals surface area contributed by atoms with Crippen molar-refractivity contribution in [3.8, 4) is 0 Å². The van der Waals surface area contributed by atoms with Crippen molar-refractivity contribution in [3.63, 3.8) is 0 Å². The van der Waals surface area contributed by atoms with Gasteiger partial charge in [-0.05, 0) is 35.1 Å². The van der Waals surface area contributed by atoms with Crippen LogP contribution in [0.2, 0.25) is 0 Å². The molecule has 0 fully saturated rings. The molecule has 92 valence electrons. The summed E-state index contributed by atoms with van der Waals surface area (Å²) < 4.78 is 1.79. The van der Waals surface area contributed by atoms with E-state index in [0.717, 1.165) is 6.42 Å². The zero-order valence-electron chi connectivity index (χ0n) is 9.20. The van der Waals surface area contributed by atoms with Gasteiger partial charge in [0.1, 0.15) is 5.69 Å². The lowest BCUT2D eigenvalue weighted by Crippen LogP contribution is -2.20. The minimum absolute atomic E-state index is 0.0926. The molecule has 1 unspecified atom stereocenters. The summed E-state index contributed by atoms with van der Waals surface area (Å²) in [7, 11) is 0. The second kappa shape index (κ2) is 4.52. The Morgan fingerprint density at radius 3 is 3.12 bits per heavy atom. The van der Waals surface area contributed by atoms with E-state index in [0.29, 0.717) is 25.1 Å². The molecule has 1 aliphatic heterocycles. The largest absolute Gasteiger partial charge is 0.481 e. The first-order valence-electron chi connectivity index (χ1n) is 5.48. The Balaban J connectivity index is 2.08. The lowest BCUT2D eigenvalue weighted by Gasteiger charge is -2.21. The molecule has 1 atom stereocenters. The van der Waals surface area contributed by atoms with Crippen LogP contribution >= 0.6 is 0 Å². The van der Waals surface area contributed by atoms with E-state index in [4.69, 9.17) is 5.11 Å². The van der Waals surface area contributed by atoms with E-state index in [1.165, 1.54) is 6.33 Å². The summed E-state index contributed by atoms with van der Waals surface area (Å²) in [4.78, 5) is 24.5. The summed E-state index contributed by atoms with van der Waals surface area (Å²) in [6.45, 7) is 0.681. The summed E-state index contributed by atoms with van der Waals surface area (Å²) in [5.74, 6) is -0.711. The Labute approximate surface area is 97.2 Å². The third kappa shape index (κ3) is 2.43. The van der Waals surface area contributed by atoms with Crippen molar-refractivity contribution in [2.75, 3.05) is 0 Å². The van der Waals surface area contributed by atoms with Crippen molar-refractivity contribution in [1.82, 2.24) is 9.55 Å². The monoisotopic (exact) mass is 239 g/mol. The standard InChI is InChI=1S/C10H13N3O4/c14-9(15)2-1-7-3-4-12-6-11-10(13(16)17)8(12)5-7/h6-7H,1-5H2,(H,14,15). The molecule has 0 saturated heterocycles. The zero-order chi connectivity index (χ0) is 12.4. The molecule has 7 nitrogen and oxygen atoms in total. The van der Waals surface area contributed by atoms with Gasteiger partial charge in [0.05, 0.1) is 0 Å². The third-order valence-corrected chi connectivity index (χ3v) is 3.12. The Kier molecular flexibility index (Phi) is 3.08. The van der Waals surface area contributed by atoms with Gasteiger partial charge in [0, 0.05) is 13.0 Å². The number of aryl methyl sites for hydroxylation is 1. The van der Waals surface area contributed by atoms with Crippen molar-refractivity contribution in [2.45, 2.75) is 32.2 Å². The predicted octanol–water partition coefficient (Wildman–Crippen LogP) is 1.22. The molecule has 1 N–H and O–H groups in total. The molecule has 17 heavy (non-hydrogen) atoms. The van der Waals surface area contributed by atoms with Crippen LogP contribution in [0.25, 0.3) is 0 Å². The van der Waals surface area contributed by atoms with Gasteiger partial charge in [0.25, 0.3) is 0 Å². The van der Waals surface area contributed by atoms with Crippen molar-refractivity contribution in [2.24, 2.45) is 5.92 Å². The van der Waals surface area contributed by atoms with E-state index >= 15 is 0 Å². The van der Waals surface area contributed by atoms with Crippen molar-refractivity contribution in [3.05, 3.63) is 22.1 Å². The molecule has 0 bridgehead atoms. The van der Waals surface area contributed by atoms with E-state index in [9.17, 15) is 14.9 Å². The highest BCUT2D eigenvalue weighted by molar-refractivity contribution is 5.66. The van der Waals surface area contributed by atoms with Crippen LogP contribution in [0.5, 0.6) is 0 Å². The average Bonchev–Trinajstić information content (AvgIpc) is 2.69. The molecule has 2 rings (SSSR count). The highest BCUT2D eigenvalue weighted by Crippen LogP contribution is 2.29. The molecule has 1 aliphatic rings. The Hall–Kier alpha value is -1.92. The maximum Gasteiger partial charge on any atom is 0.384 e. The maximum atomic E-state index is 10.7. The minimum Gasteiger partial charge on any atom is -0.481 e. The zero-order valence-corrected chi connectivity index (χ0v) is 9.20. The van der Waals surface area contributed by atoms with E-state index in [1.807, 2.05) is 0 Å².